The predicted molar refractivity (Wildman–Crippen MR) is 87.2 cm³/mol. The molecule has 1 rings (SSSR count). The fourth-order valence-corrected chi connectivity index (χ4v) is 1.92. The molecule has 0 unspecified atom stereocenters. The van der Waals surface area contributed by atoms with Crippen LogP contribution in [0.5, 0.6) is 0 Å². The van der Waals surface area contributed by atoms with Crippen molar-refractivity contribution in [3.05, 3.63) is 72.9 Å². The van der Waals surface area contributed by atoms with Crippen LogP contribution in [-0.2, 0) is 0 Å². The Bertz CT molecular complexity index is 325. The van der Waals surface area contributed by atoms with Crippen LogP contribution in [0.25, 0.3) is 0 Å². The van der Waals surface area contributed by atoms with Gasteiger partial charge in [-0.3, -0.25) is 0 Å². The summed E-state index contributed by atoms with van der Waals surface area (Å²) in [5.74, 6) is 0. The summed E-state index contributed by atoms with van der Waals surface area (Å²) in [5.41, 5.74) is 0. The minimum atomic E-state index is 1.21. The van der Waals surface area contributed by atoms with Gasteiger partial charge in [-0.1, -0.05) is 92.2 Å². The largest absolute Gasteiger partial charge is 0.0845 e. The van der Waals surface area contributed by atoms with Gasteiger partial charge in [0.2, 0.25) is 0 Å². The van der Waals surface area contributed by atoms with Crippen molar-refractivity contribution < 1.29 is 0 Å². The van der Waals surface area contributed by atoms with E-state index in [-0.39, 0.29) is 0 Å². The smallest absolute Gasteiger partial charge is 0.0348 e. The van der Waals surface area contributed by atoms with Crippen LogP contribution in [-0.4, -0.2) is 0 Å². The molecule has 102 valence electrons. The minimum absolute atomic E-state index is 1.21. The van der Waals surface area contributed by atoms with Crippen molar-refractivity contribution in [1.29, 1.82) is 0 Å². The van der Waals surface area contributed by atoms with Crippen LogP contribution in [0.15, 0.2) is 72.9 Å². The van der Waals surface area contributed by atoms with Gasteiger partial charge in [-0.25, -0.2) is 0 Å². The van der Waals surface area contributed by atoms with Gasteiger partial charge in [-0.15, -0.1) is 0 Å². The molecule has 0 heteroatoms. The van der Waals surface area contributed by atoms with Crippen molar-refractivity contribution in [3.63, 3.8) is 0 Å². The van der Waals surface area contributed by atoms with Crippen LogP contribution in [0.3, 0.4) is 0 Å². The normalized spacial score (nSPS) is 18.9. The zero-order chi connectivity index (χ0) is 13.4. The van der Waals surface area contributed by atoms with E-state index in [9.17, 15) is 0 Å². The standard InChI is InChI=1S/C19H26/c1-2-4-6-8-10-12-14-16-18-19-17-15-13-11-9-7-5-3-1/h1-12H,13-19H2. The highest BCUT2D eigenvalue weighted by Crippen LogP contribution is 2.08. The summed E-state index contributed by atoms with van der Waals surface area (Å²) in [6.45, 7) is 0. The molecule has 0 amide bonds. The highest BCUT2D eigenvalue weighted by molar-refractivity contribution is 5.19. The third-order valence-corrected chi connectivity index (χ3v) is 3.01. The second-order valence-electron chi connectivity index (χ2n) is 4.74. The fraction of sp³-hybridized carbons (Fsp3) is 0.368. The van der Waals surface area contributed by atoms with Gasteiger partial charge in [0.1, 0.15) is 0 Å². The van der Waals surface area contributed by atoms with Crippen LogP contribution < -0.4 is 0 Å². The molecule has 0 heterocycles. The van der Waals surface area contributed by atoms with Gasteiger partial charge in [-0.2, -0.15) is 0 Å². The Balaban J connectivity index is 2.40. The first kappa shape index (κ1) is 15.5. The molecule has 0 atom stereocenters. The Morgan fingerprint density at radius 2 is 0.632 bits per heavy atom. The zero-order valence-electron chi connectivity index (χ0n) is 11.9. The van der Waals surface area contributed by atoms with Crippen LogP contribution >= 0.6 is 0 Å². The average Bonchev–Trinajstić information content (AvgIpc) is 2.43. The Hall–Kier alpha value is -1.56. The highest BCUT2D eigenvalue weighted by Gasteiger charge is 1.88. The zero-order valence-corrected chi connectivity index (χ0v) is 11.9. The molecule has 0 aromatic rings. The monoisotopic (exact) mass is 254 g/mol. The summed E-state index contributed by atoms with van der Waals surface area (Å²) in [6.07, 6.45) is 34.5. The fourth-order valence-electron chi connectivity index (χ4n) is 1.92. The molecular weight excluding hydrogens is 228 g/mol. The lowest BCUT2D eigenvalue weighted by atomic mass is 10.1. The maximum Gasteiger partial charge on any atom is -0.0348 e. The first-order valence-electron chi connectivity index (χ1n) is 7.48. The Kier molecular flexibility index (Phi) is 10.5. The van der Waals surface area contributed by atoms with Crippen molar-refractivity contribution in [2.24, 2.45) is 0 Å². The van der Waals surface area contributed by atoms with E-state index < -0.39 is 0 Å². The Morgan fingerprint density at radius 1 is 0.316 bits per heavy atom. The summed E-state index contributed by atoms with van der Waals surface area (Å²) in [4.78, 5) is 0. The third-order valence-electron chi connectivity index (χ3n) is 3.01. The molecule has 0 saturated carbocycles. The van der Waals surface area contributed by atoms with Gasteiger partial charge in [-0.05, 0) is 25.7 Å². The second-order valence-corrected chi connectivity index (χ2v) is 4.74. The number of rotatable bonds is 0. The summed E-state index contributed by atoms with van der Waals surface area (Å²) in [5, 5.41) is 0. The van der Waals surface area contributed by atoms with E-state index in [1.807, 2.05) is 12.2 Å². The molecular formula is C19H26. The van der Waals surface area contributed by atoms with Crippen molar-refractivity contribution in [3.8, 4) is 0 Å². The summed E-state index contributed by atoms with van der Waals surface area (Å²) in [6, 6.07) is 0. The molecule has 0 bridgehead atoms. The topological polar surface area (TPSA) is 0 Å². The molecule has 0 saturated heterocycles. The van der Waals surface area contributed by atoms with Crippen LogP contribution in [0.2, 0.25) is 0 Å². The molecule has 0 N–H and O–H groups in total. The minimum Gasteiger partial charge on any atom is -0.0845 e. The van der Waals surface area contributed by atoms with E-state index in [1.54, 1.807) is 0 Å². The molecule has 0 aromatic carbocycles. The average molecular weight is 254 g/mol. The van der Waals surface area contributed by atoms with Crippen LogP contribution in [0, 0.1) is 0 Å². The lowest BCUT2D eigenvalue weighted by Crippen LogP contribution is -1.78. The molecule has 19 heavy (non-hydrogen) atoms. The van der Waals surface area contributed by atoms with Crippen molar-refractivity contribution in [1.82, 2.24) is 0 Å². The van der Waals surface area contributed by atoms with E-state index >= 15 is 0 Å². The van der Waals surface area contributed by atoms with Gasteiger partial charge in [0.05, 0.1) is 0 Å². The number of hydrogen-bond acceptors (Lipinski definition) is 0. The van der Waals surface area contributed by atoms with Gasteiger partial charge in [0.15, 0.2) is 0 Å². The molecule has 0 spiro atoms. The molecule has 0 aliphatic heterocycles. The summed E-state index contributed by atoms with van der Waals surface area (Å²) < 4.78 is 0. The van der Waals surface area contributed by atoms with E-state index in [4.69, 9.17) is 0 Å². The van der Waals surface area contributed by atoms with E-state index in [1.165, 1.54) is 44.9 Å². The van der Waals surface area contributed by atoms with Gasteiger partial charge in [0.25, 0.3) is 0 Å². The molecule has 1 aliphatic carbocycles. The summed E-state index contributed by atoms with van der Waals surface area (Å²) in [7, 11) is 0. The molecule has 0 fully saturated rings. The Morgan fingerprint density at radius 3 is 1.05 bits per heavy atom. The maximum atomic E-state index is 2.26. The second kappa shape index (κ2) is 12.9. The van der Waals surface area contributed by atoms with Crippen molar-refractivity contribution >= 4 is 0 Å². The quantitative estimate of drug-likeness (QED) is 0.492. The number of allylic oxidation sites excluding steroid dienone is 12. The van der Waals surface area contributed by atoms with Crippen molar-refractivity contribution in [2.75, 3.05) is 0 Å². The van der Waals surface area contributed by atoms with E-state index in [0.29, 0.717) is 0 Å². The van der Waals surface area contributed by atoms with Crippen molar-refractivity contribution in [2.45, 2.75) is 44.9 Å². The van der Waals surface area contributed by atoms with E-state index in [2.05, 4.69) is 60.8 Å². The van der Waals surface area contributed by atoms with E-state index in [0.717, 1.165) is 0 Å². The maximum absolute atomic E-state index is 2.26. The van der Waals surface area contributed by atoms with Gasteiger partial charge in [0, 0.05) is 0 Å². The first-order valence-corrected chi connectivity index (χ1v) is 7.48. The number of hydrogen-bond donors (Lipinski definition) is 0. The van der Waals surface area contributed by atoms with Gasteiger partial charge >= 0.3 is 0 Å². The SMILES string of the molecule is C1=CC=CC=CCCCCCCCC=CC=CC=C1. The highest BCUT2D eigenvalue weighted by atomic mass is 13.9. The molecule has 0 radical (unpaired) electrons. The van der Waals surface area contributed by atoms with Crippen LogP contribution in [0.1, 0.15) is 44.9 Å². The van der Waals surface area contributed by atoms with Crippen LogP contribution in [0.4, 0.5) is 0 Å². The lowest BCUT2D eigenvalue weighted by Gasteiger charge is -1.97. The third kappa shape index (κ3) is 11.3. The molecule has 0 nitrogen and oxygen atoms in total. The molecule has 0 aromatic heterocycles. The Labute approximate surface area is 118 Å². The van der Waals surface area contributed by atoms with Gasteiger partial charge < -0.3 is 0 Å². The first-order chi connectivity index (χ1) is 9.50. The summed E-state index contributed by atoms with van der Waals surface area (Å²) >= 11 is 0. The predicted octanol–water partition coefficient (Wildman–Crippen LogP) is 6.07. The molecule has 1 aliphatic rings. The lowest BCUT2D eigenvalue weighted by molar-refractivity contribution is 0.622.